The van der Waals surface area contributed by atoms with E-state index < -0.39 is 0 Å². The van der Waals surface area contributed by atoms with Crippen LogP contribution < -0.4 is 5.73 Å². The van der Waals surface area contributed by atoms with Crippen LogP contribution in [0, 0.1) is 0 Å². The van der Waals surface area contributed by atoms with Crippen molar-refractivity contribution in [3.05, 3.63) is 12.7 Å². The van der Waals surface area contributed by atoms with Crippen LogP contribution in [0.2, 0.25) is 0 Å². The normalized spacial score (nSPS) is 13.3. The van der Waals surface area contributed by atoms with Gasteiger partial charge in [0.1, 0.15) is 18.6 Å². The van der Waals surface area contributed by atoms with E-state index in [1.165, 1.54) is 6.33 Å². The second kappa shape index (κ2) is 8.19. The molecular formula is C15H25N5O3. The lowest BCUT2D eigenvalue weighted by atomic mass is 10.4. The molecule has 0 radical (unpaired) electrons. The highest BCUT2D eigenvalue weighted by molar-refractivity contribution is 5.80. The molecule has 1 unspecified atom stereocenters. The molecule has 0 aliphatic heterocycles. The second-order valence-corrected chi connectivity index (χ2v) is 5.76. The van der Waals surface area contributed by atoms with Gasteiger partial charge in [-0.2, -0.15) is 0 Å². The van der Waals surface area contributed by atoms with Crippen molar-refractivity contribution in [3.8, 4) is 0 Å². The number of nitrogen functional groups attached to an aromatic ring is 1. The van der Waals surface area contributed by atoms with E-state index in [0.29, 0.717) is 30.0 Å². The van der Waals surface area contributed by atoms with Crippen molar-refractivity contribution in [2.45, 2.75) is 59.3 Å². The monoisotopic (exact) mass is 323 g/mol. The molecule has 2 aromatic heterocycles. The molecule has 128 valence electrons. The van der Waals surface area contributed by atoms with Crippen molar-refractivity contribution in [3.63, 3.8) is 0 Å². The van der Waals surface area contributed by atoms with Crippen molar-refractivity contribution in [1.29, 1.82) is 0 Å². The molecule has 0 saturated heterocycles. The lowest BCUT2D eigenvalue weighted by molar-refractivity contribution is -0.189. The van der Waals surface area contributed by atoms with Crippen LogP contribution in [0.15, 0.2) is 12.7 Å². The van der Waals surface area contributed by atoms with Crippen LogP contribution in [0.25, 0.3) is 11.2 Å². The summed E-state index contributed by atoms with van der Waals surface area (Å²) in [6.45, 7) is 8.79. The van der Waals surface area contributed by atoms with Crippen molar-refractivity contribution >= 4 is 17.0 Å². The fraction of sp³-hybridized carbons (Fsp3) is 0.667. The predicted molar refractivity (Wildman–Crippen MR) is 86.5 cm³/mol. The molecule has 1 atom stereocenters. The van der Waals surface area contributed by atoms with Crippen molar-refractivity contribution in [1.82, 2.24) is 19.5 Å². The molecule has 2 heterocycles. The van der Waals surface area contributed by atoms with Gasteiger partial charge in [-0.05, 0) is 27.7 Å². The van der Waals surface area contributed by atoms with E-state index >= 15 is 0 Å². The number of anilines is 1. The Hall–Kier alpha value is -1.77. The average molecular weight is 323 g/mol. The smallest absolute Gasteiger partial charge is 0.167 e. The van der Waals surface area contributed by atoms with Crippen molar-refractivity contribution in [2.75, 3.05) is 12.3 Å². The Labute approximate surface area is 136 Å². The Morgan fingerprint density at radius 1 is 1.09 bits per heavy atom. The summed E-state index contributed by atoms with van der Waals surface area (Å²) in [6, 6.07) is 0. The molecule has 23 heavy (non-hydrogen) atoms. The summed E-state index contributed by atoms with van der Waals surface area (Å²) in [5, 5.41) is 0. The van der Waals surface area contributed by atoms with E-state index in [1.54, 1.807) is 10.9 Å². The molecule has 0 aromatic carbocycles. The molecule has 0 amide bonds. The van der Waals surface area contributed by atoms with Gasteiger partial charge < -0.3 is 19.9 Å². The SMILES string of the molecule is CC(C)OCCC(OCn1cnc2c(N)ncnc21)OC(C)C. The number of ether oxygens (including phenoxy) is 3. The van der Waals surface area contributed by atoms with Gasteiger partial charge in [0.2, 0.25) is 0 Å². The van der Waals surface area contributed by atoms with Gasteiger partial charge in [0, 0.05) is 6.42 Å². The van der Waals surface area contributed by atoms with E-state index in [0.717, 1.165) is 0 Å². The molecule has 0 aliphatic rings. The Morgan fingerprint density at radius 2 is 1.87 bits per heavy atom. The average Bonchev–Trinajstić information content (AvgIpc) is 2.88. The van der Waals surface area contributed by atoms with Gasteiger partial charge in [-0.15, -0.1) is 0 Å². The molecule has 2 N–H and O–H groups in total. The summed E-state index contributed by atoms with van der Waals surface area (Å²) in [5.74, 6) is 0.356. The number of rotatable bonds is 9. The Kier molecular flexibility index (Phi) is 6.26. The molecular weight excluding hydrogens is 298 g/mol. The molecule has 0 saturated carbocycles. The first-order valence-electron chi connectivity index (χ1n) is 7.77. The van der Waals surface area contributed by atoms with Crippen LogP contribution in [-0.2, 0) is 20.9 Å². The molecule has 8 heteroatoms. The van der Waals surface area contributed by atoms with Crippen molar-refractivity contribution < 1.29 is 14.2 Å². The zero-order valence-electron chi connectivity index (χ0n) is 14.1. The van der Waals surface area contributed by atoms with E-state index in [9.17, 15) is 0 Å². The summed E-state index contributed by atoms with van der Waals surface area (Å²) >= 11 is 0. The first-order chi connectivity index (χ1) is 11.0. The van der Waals surface area contributed by atoms with Crippen LogP contribution >= 0.6 is 0 Å². The van der Waals surface area contributed by atoms with E-state index in [1.807, 2.05) is 27.7 Å². The van der Waals surface area contributed by atoms with Gasteiger partial charge in [-0.3, -0.25) is 4.57 Å². The highest BCUT2D eigenvalue weighted by Gasteiger charge is 2.14. The number of nitrogens with zero attached hydrogens (tertiary/aromatic N) is 4. The molecule has 0 spiro atoms. The lowest BCUT2D eigenvalue weighted by Crippen LogP contribution is -2.25. The maximum atomic E-state index is 5.85. The third-order valence-electron chi connectivity index (χ3n) is 3.06. The topological polar surface area (TPSA) is 97.3 Å². The summed E-state index contributed by atoms with van der Waals surface area (Å²) < 4.78 is 19.0. The van der Waals surface area contributed by atoms with Gasteiger partial charge >= 0.3 is 0 Å². The molecule has 8 nitrogen and oxygen atoms in total. The fourth-order valence-corrected chi connectivity index (χ4v) is 2.05. The van der Waals surface area contributed by atoms with E-state index in [2.05, 4.69) is 15.0 Å². The fourth-order valence-electron chi connectivity index (χ4n) is 2.05. The minimum Gasteiger partial charge on any atom is -0.382 e. The zero-order chi connectivity index (χ0) is 16.8. The maximum absolute atomic E-state index is 5.85. The summed E-state index contributed by atoms with van der Waals surface area (Å²) in [7, 11) is 0. The largest absolute Gasteiger partial charge is 0.382 e. The summed E-state index contributed by atoms with van der Waals surface area (Å²) in [4.78, 5) is 12.3. The third kappa shape index (κ3) is 5.12. The predicted octanol–water partition coefficient (Wildman–Crippen LogP) is 1.95. The van der Waals surface area contributed by atoms with Gasteiger partial charge in [0.15, 0.2) is 17.8 Å². The van der Waals surface area contributed by atoms with Crippen molar-refractivity contribution in [2.24, 2.45) is 0 Å². The number of hydrogen-bond donors (Lipinski definition) is 1. The molecule has 0 aliphatic carbocycles. The van der Waals surface area contributed by atoms with Gasteiger partial charge in [-0.25, -0.2) is 15.0 Å². The highest BCUT2D eigenvalue weighted by Crippen LogP contribution is 2.15. The van der Waals surface area contributed by atoms with Crippen LogP contribution in [-0.4, -0.2) is 44.6 Å². The lowest BCUT2D eigenvalue weighted by Gasteiger charge is -2.21. The molecule has 0 bridgehead atoms. The third-order valence-corrected chi connectivity index (χ3v) is 3.06. The highest BCUT2D eigenvalue weighted by atomic mass is 16.7. The number of fused-ring (bicyclic) bond motifs is 1. The molecule has 2 rings (SSSR count). The second-order valence-electron chi connectivity index (χ2n) is 5.76. The number of aromatic nitrogens is 4. The number of hydrogen-bond acceptors (Lipinski definition) is 7. The minimum atomic E-state index is -0.356. The Bertz CT molecular complexity index is 614. The molecule has 0 fully saturated rings. The Balaban J connectivity index is 1.97. The first-order valence-corrected chi connectivity index (χ1v) is 7.77. The van der Waals surface area contributed by atoms with Crippen LogP contribution in [0.1, 0.15) is 34.1 Å². The summed E-state index contributed by atoms with van der Waals surface area (Å²) in [5.41, 5.74) is 6.98. The quantitative estimate of drug-likeness (QED) is 0.704. The van der Waals surface area contributed by atoms with E-state index in [4.69, 9.17) is 19.9 Å². The zero-order valence-corrected chi connectivity index (χ0v) is 14.1. The van der Waals surface area contributed by atoms with Gasteiger partial charge in [-0.1, -0.05) is 0 Å². The number of nitrogens with two attached hydrogens (primary N) is 1. The van der Waals surface area contributed by atoms with Gasteiger partial charge in [0.05, 0.1) is 25.1 Å². The van der Waals surface area contributed by atoms with E-state index in [-0.39, 0.29) is 25.2 Å². The van der Waals surface area contributed by atoms with Crippen LogP contribution in [0.3, 0.4) is 0 Å². The first kappa shape index (κ1) is 17.6. The number of imidazole rings is 1. The summed E-state index contributed by atoms with van der Waals surface area (Å²) in [6.07, 6.45) is 3.59. The maximum Gasteiger partial charge on any atom is 0.167 e. The minimum absolute atomic E-state index is 0.0663. The van der Waals surface area contributed by atoms with Gasteiger partial charge in [0.25, 0.3) is 0 Å². The standard InChI is InChI=1S/C15H25N5O3/c1-10(2)21-6-5-12(23-11(3)4)22-9-20-8-19-13-14(16)17-7-18-15(13)20/h7-8,10-12H,5-6,9H2,1-4H3,(H2,16,17,18). The Morgan fingerprint density at radius 3 is 2.57 bits per heavy atom. The van der Waals surface area contributed by atoms with Crippen LogP contribution in [0.5, 0.6) is 0 Å². The molecule has 2 aromatic rings. The van der Waals surface area contributed by atoms with Crippen LogP contribution in [0.4, 0.5) is 5.82 Å².